The maximum absolute atomic E-state index is 12.8. The molecule has 0 aliphatic heterocycles. The molecular formula is C26H26O5. The summed E-state index contributed by atoms with van der Waals surface area (Å²) in [6, 6.07) is 16.2. The monoisotopic (exact) mass is 418 g/mol. The summed E-state index contributed by atoms with van der Waals surface area (Å²) in [4.78, 5) is 12.8. The lowest BCUT2D eigenvalue weighted by Gasteiger charge is -2.26. The van der Waals surface area contributed by atoms with Crippen LogP contribution in [0.4, 0.5) is 0 Å². The van der Waals surface area contributed by atoms with Crippen LogP contribution < -0.4 is 0 Å². The van der Waals surface area contributed by atoms with E-state index in [0.29, 0.717) is 0 Å². The molecule has 5 heteroatoms. The van der Waals surface area contributed by atoms with Gasteiger partial charge in [-0.2, -0.15) is 0 Å². The standard InChI is InChI=1S/C26H26O5/c27-14-26(15-28,16-29)17-31-25(30)13-24(22-11-9-18-5-1-3-7-20(18)22)23-12-10-19-6-2-4-8-21(19)23/h1-13,22-23,27-29H,14-17H2. The first-order valence-corrected chi connectivity index (χ1v) is 10.4. The summed E-state index contributed by atoms with van der Waals surface area (Å²) in [6.07, 6.45) is 9.84. The number of aliphatic hydroxyl groups excluding tert-OH is 3. The van der Waals surface area contributed by atoms with Gasteiger partial charge in [-0.1, -0.05) is 72.8 Å². The number of allylic oxidation sites excluding steroid dienone is 3. The summed E-state index contributed by atoms with van der Waals surface area (Å²) >= 11 is 0. The number of carbonyl (C=O) groups excluding carboxylic acids is 1. The molecule has 0 radical (unpaired) electrons. The number of aliphatic hydroxyl groups is 3. The van der Waals surface area contributed by atoms with Crippen LogP contribution in [0, 0.1) is 5.41 Å². The summed E-state index contributed by atoms with van der Waals surface area (Å²) in [5.74, 6) is -0.698. The predicted octanol–water partition coefficient (Wildman–Crippen LogP) is 3.04. The lowest BCUT2D eigenvalue weighted by molar-refractivity contribution is -0.145. The molecule has 160 valence electrons. The molecule has 0 fully saturated rings. The Morgan fingerprint density at radius 3 is 1.81 bits per heavy atom. The first-order valence-electron chi connectivity index (χ1n) is 10.4. The largest absolute Gasteiger partial charge is 0.462 e. The van der Waals surface area contributed by atoms with Gasteiger partial charge < -0.3 is 20.1 Å². The maximum atomic E-state index is 12.8. The van der Waals surface area contributed by atoms with Gasteiger partial charge in [0.05, 0.1) is 25.2 Å². The number of carbonyl (C=O) groups is 1. The Labute approximate surface area is 181 Å². The van der Waals surface area contributed by atoms with Crippen molar-refractivity contribution in [2.75, 3.05) is 26.4 Å². The summed E-state index contributed by atoms with van der Waals surface area (Å²) in [5.41, 5.74) is 4.16. The SMILES string of the molecule is O=C(C=C(C1C=Cc2ccccc21)C1C=Cc2ccccc21)OCC(CO)(CO)CO. The third-order valence-corrected chi connectivity index (χ3v) is 6.13. The van der Waals surface area contributed by atoms with Crippen LogP contribution in [0.1, 0.15) is 34.1 Å². The van der Waals surface area contributed by atoms with Gasteiger partial charge in [0.25, 0.3) is 0 Å². The first-order chi connectivity index (χ1) is 15.1. The molecule has 2 aromatic rings. The zero-order chi connectivity index (χ0) is 21.8. The van der Waals surface area contributed by atoms with Gasteiger partial charge in [-0.05, 0) is 27.8 Å². The molecule has 31 heavy (non-hydrogen) atoms. The summed E-state index contributed by atoms with van der Waals surface area (Å²) in [7, 11) is 0. The number of esters is 1. The summed E-state index contributed by atoms with van der Waals surface area (Å²) in [5, 5.41) is 28.5. The normalized spacial score (nSPS) is 18.5. The minimum atomic E-state index is -1.26. The Morgan fingerprint density at radius 1 is 0.839 bits per heavy atom. The van der Waals surface area contributed by atoms with Gasteiger partial charge in [-0.25, -0.2) is 4.79 Å². The van der Waals surface area contributed by atoms with Crippen molar-refractivity contribution in [3.63, 3.8) is 0 Å². The van der Waals surface area contributed by atoms with E-state index in [4.69, 9.17) is 4.74 Å². The third-order valence-electron chi connectivity index (χ3n) is 6.13. The second kappa shape index (κ2) is 9.02. The quantitative estimate of drug-likeness (QED) is 0.453. The molecule has 4 rings (SSSR count). The van der Waals surface area contributed by atoms with Crippen LogP contribution in [0.3, 0.4) is 0 Å². The van der Waals surface area contributed by atoms with Crippen LogP contribution in [0.15, 0.2) is 72.3 Å². The van der Waals surface area contributed by atoms with Gasteiger partial charge in [-0.15, -0.1) is 0 Å². The number of hydrogen-bond acceptors (Lipinski definition) is 5. The highest BCUT2D eigenvalue weighted by Crippen LogP contribution is 2.45. The Bertz CT molecular complexity index is 974. The van der Waals surface area contributed by atoms with Crippen LogP contribution in [0.2, 0.25) is 0 Å². The van der Waals surface area contributed by atoms with Gasteiger partial charge in [0.15, 0.2) is 0 Å². The van der Waals surface area contributed by atoms with Gasteiger partial charge >= 0.3 is 5.97 Å². The molecule has 0 amide bonds. The molecular weight excluding hydrogens is 392 g/mol. The highest BCUT2D eigenvalue weighted by Gasteiger charge is 2.32. The van der Waals surface area contributed by atoms with Gasteiger partial charge in [-0.3, -0.25) is 0 Å². The second-order valence-corrected chi connectivity index (χ2v) is 8.16. The van der Waals surface area contributed by atoms with E-state index in [1.165, 1.54) is 6.08 Å². The minimum absolute atomic E-state index is 0.0668. The topological polar surface area (TPSA) is 87.0 Å². The Morgan fingerprint density at radius 2 is 1.32 bits per heavy atom. The number of rotatable bonds is 8. The number of fused-ring (bicyclic) bond motifs is 2. The average molecular weight is 418 g/mol. The van der Waals surface area contributed by atoms with E-state index >= 15 is 0 Å². The fraction of sp³-hybridized carbons (Fsp3) is 0.269. The highest BCUT2D eigenvalue weighted by atomic mass is 16.5. The van der Waals surface area contributed by atoms with Crippen molar-refractivity contribution in [2.24, 2.45) is 5.41 Å². The Hall–Kier alpha value is -2.99. The third kappa shape index (κ3) is 4.12. The minimum Gasteiger partial charge on any atom is -0.462 e. The second-order valence-electron chi connectivity index (χ2n) is 8.16. The van der Waals surface area contributed by atoms with Crippen molar-refractivity contribution in [1.29, 1.82) is 0 Å². The zero-order valence-electron chi connectivity index (χ0n) is 17.1. The molecule has 2 unspecified atom stereocenters. The van der Waals surface area contributed by atoms with Gasteiger partial charge in [0, 0.05) is 17.9 Å². The predicted molar refractivity (Wildman–Crippen MR) is 119 cm³/mol. The van der Waals surface area contributed by atoms with Crippen molar-refractivity contribution >= 4 is 18.1 Å². The number of benzene rings is 2. The molecule has 0 aromatic heterocycles. The molecule has 2 atom stereocenters. The van der Waals surface area contributed by atoms with E-state index in [1.54, 1.807) is 0 Å². The van der Waals surface area contributed by atoms with Crippen molar-refractivity contribution in [1.82, 2.24) is 0 Å². The fourth-order valence-corrected chi connectivity index (χ4v) is 4.14. The van der Waals surface area contributed by atoms with E-state index in [9.17, 15) is 20.1 Å². The lowest BCUT2D eigenvalue weighted by atomic mass is 9.81. The van der Waals surface area contributed by atoms with Crippen LogP contribution in [-0.4, -0.2) is 47.7 Å². The van der Waals surface area contributed by atoms with Crippen LogP contribution in [-0.2, 0) is 9.53 Å². The van der Waals surface area contributed by atoms with Gasteiger partial charge in [0.1, 0.15) is 6.61 Å². The smallest absolute Gasteiger partial charge is 0.330 e. The maximum Gasteiger partial charge on any atom is 0.330 e. The van der Waals surface area contributed by atoms with E-state index in [-0.39, 0.29) is 18.4 Å². The molecule has 3 N–H and O–H groups in total. The summed E-state index contributed by atoms with van der Waals surface area (Å²) in [6.45, 7) is -1.72. The lowest BCUT2D eigenvalue weighted by Crippen LogP contribution is -2.39. The molecule has 2 aliphatic carbocycles. The summed E-state index contributed by atoms with van der Waals surface area (Å²) < 4.78 is 5.36. The van der Waals surface area contributed by atoms with Crippen LogP contribution >= 0.6 is 0 Å². The zero-order valence-corrected chi connectivity index (χ0v) is 17.1. The Kier molecular flexibility index (Phi) is 6.18. The molecule has 0 spiro atoms. The number of ether oxygens (including phenoxy) is 1. The average Bonchev–Trinajstić information content (AvgIpc) is 3.43. The van der Waals surface area contributed by atoms with Gasteiger partial charge in [0.2, 0.25) is 0 Å². The van der Waals surface area contributed by atoms with Crippen molar-refractivity contribution in [3.8, 4) is 0 Å². The van der Waals surface area contributed by atoms with E-state index in [0.717, 1.165) is 27.8 Å². The van der Waals surface area contributed by atoms with E-state index in [2.05, 4.69) is 48.6 Å². The van der Waals surface area contributed by atoms with E-state index < -0.39 is 31.2 Å². The Balaban J connectivity index is 1.66. The molecule has 5 nitrogen and oxygen atoms in total. The highest BCUT2D eigenvalue weighted by molar-refractivity contribution is 5.85. The molecule has 0 heterocycles. The van der Waals surface area contributed by atoms with Crippen molar-refractivity contribution in [2.45, 2.75) is 11.8 Å². The van der Waals surface area contributed by atoms with Crippen LogP contribution in [0.25, 0.3) is 12.2 Å². The molecule has 0 bridgehead atoms. The number of hydrogen-bond donors (Lipinski definition) is 3. The van der Waals surface area contributed by atoms with Crippen molar-refractivity contribution in [3.05, 3.63) is 94.6 Å². The molecule has 2 aromatic carbocycles. The molecule has 2 aliphatic rings. The van der Waals surface area contributed by atoms with E-state index in [1.807, 2.05) is 24.3 Å². The van der Waals surface area contributed by atoms with Crippen molar-refractivity contribution < 1.29 is 24.9 Å². The molecule has 0 saturated carbocycles. The molecule has 0 saturated heterocycles. The van der Waals surface area contributed by atoms with Crippen LogP contribution in [0.5, 0.6) is 0 Å². The first kappa shape index (κ1) is 21.2. The fourth-order valence-electron chi connectivity index (χ4n) is 4.14.